The van der Waals surface area contributed by atoms with Gasteiger partial charge in [-0.3, -0.25) is 0 Å². The van der Waals surface area contributed by atoms with Crippen LogP contribution in [0, 0.1) is 11.8 Å². The van der Waals surface area contributed by atoms with Gasteiger partial charge >= 0.3 is 0 Å². The molecule has 0 heteroatoms. The molecule has 1 atom stereocenters. The van der Waals surface area contributed by atoms with Gasteiger partial charge in [0.1, 0.15) is 0 Å². The van der Waals surface area contributed by atoms with Crippen molar-refractivity contribution in [2.75, 3.05) is 0 Å². The minimum atomic E-state index is 0.949. The second kappa shape index (κ2) is 1.86. The fraction of sp³-hybridized carbons (Fsp3) is 0.778. The Hall–Kier alpha value is -0.260. The Labute approximate surface area is 57.0 Å². The molecule has 50 valence electrons. The number of hydrogen-bond acceptors (Lipinski definition) is 0. The van der Waals surface area contributed by atoms with E-state index < -0.39 is 0 Å². The van der Waals surface area contributed by atoms with Crippen LogP contribution in [0.2, 0.25) is 0 Å². The summed E-state index contributed by atoms with van der Waals surface area (Å²) in [5.74, 6) is 2.02. The van der Waals surface area contributed by atoms with Gasteiger partial charge in [-0.15, -0.1) is 0 Å². The molecule has 0 aliphatic heterocycles. The third kappa shape index (κ3) is 0.910. The quantitative estimate of drug-likeness (QED) is 0.469. The molecule has 0 nitrogen and oxygen atoms in total. The van der Waals surface area contributed by atoms with Gasteiger partial charge in [-0.1, -0.05) is 12.2 Å². The van der Waals surface area contributed by atoms with Gasteiger partial charge in [0, 0.05) is 0 Å². The predicted molar refractivity (Wildman–Crippen MR) is 39.2 cm³/mol. The fourth-order valence-corrected chi connectivity index (χ4v) is 2.01. The van der Waals surface area contributed by atoms with Crippen molar-refractivity contribution >= 4 is 0 Å². The highest BCUT2D eigenvalue weighted by molar-refractivity contribution is 5.10. The number of allylic oxidation sites excluding steroid dienone is 1. The molecule has 0 aromatic heterocycles. The third-order valence-electron chi connectivity index (χ3n) is 2.73. The number of hydrogen-bond donors (Lipinski definition) is 0. The van der Waals surface area contributed by atoms with Gasteiger partial charge in [0.05, 0.1) is 0 Å². The lowest BCUT2D eigenvalue weighted by Gasteiger charge is -2.06. The van der Waals surface area contributed by atoms with Crippen molar-refractivity contribution in [3.05, 3.63) is 12.2 Å². The second-order valence-corrected chi connectivity index (χ2v) is 3.49. The molecule has 0 aromatic carbocycles. The molecular weight excluding hydrogens is 108 g/mol. The van der Waals surface area contributed by atoms with Crippen molar-refractivity contribution in [2.45, 2.75) is 32.1 Å². The average molecular weight is 122 g/mol. The highest BCUT2D eigenvalue weighted by atomic mass is 14.4. The highest BCUT2D eigenvalue weighted by Crippen LogP contribution is 2.46. The Morgan fingerprint density at radius 1 is 1.22 bits per heavy atom. The lowest BCUT2D eigenvalue weighted by molar-refractivity contribution is 0.552. The predicted octanol–water partition coefficient (Wildman–Crippen LogP) is 2.75. The van der Waals surface area contributed by atoms with Crippen LogP contribution in [0.3, 0.4) is 0 Å². The maximum Gasteiger partial charge on any atom is -0.0177 e. The van der Waals surface area contributed by atoms with Crippen LogP contribution in [0.4, 0.5) is 0 Å². The third-order valence-corrected chi connectivity index (χ3v) is 2.73. The second-order valence-electron chi connectivity index (χ2n) is 3.49. The molecule has 0 radical (unpaired) electrons. The molecule has 0 heterocycles. The first kappa shape index (κ1) is 5.52. The minimum Gasteiger partial charge on any atom is -0.0996 e. The Kier molecular flexibility index (Phi) is 1.14. The molecule has 2 saturated carbocycles. The van der Waals surface area contributed by atoms with E-state index in [1.165, 1.54) is 32.1 Å². The smallest absolute Gasteiger partial charge is 0.0177 e. The summed E-state index contributed by atoms with van der Waals surface area (Å²) in [5.41, 5.74) is 1.55. The lowest BCUT2D eigenvalue weighted by atomic mass is 9.99. The molecule has 2 fully saturated rings. The van der Waals surface area contributed by atoms with Crippen LogP contribution in [0.25, 0.3) is 0 Å². The molecule has 0 aromatic rings. The topological polar surface area (TPSA) is 0 Å². The summed E-state index contributed by atoms with van der Waals surface area (Å²) in [7, 11) is 0. The van der Waals surface area contributed by atoms with E-state index >= 15 is 0 Å². The van der Waals surface area contributed by atoms with Crippen LogP contribution in [-0.4, -0.2) is 0 Å². The lowest BCUT2D eigenvalue weighted by Crippen LogP contribution is -1.96. The van der Waals surface area contributed by atoms with Crippen molar-refractivity contribution in [1.29, 1.82) is 0 Å². The van der Waals surface area contributed by atoms with Gasteiger partial charge in [0.15, 0.2) is 0 Å². The van der Waals surface area contributed by atoms with Gasteiger partial charge in [-0.2, -0.15) is 0 Å². The first-order valence-corrected chi connectivity index (χ1v) is 4.05. The normalized spacial score (nSPS) is 35.6. The van der Waals surface area contributed by atoms with Crippen molar-refractivity contribution in [1.82, 2.24) is 0 Å². The van der Waals surface area contributed by atoms with Crippen molar-refractivity contribution in [3.8, 4) is 0 Å². The van der Waals surface area contributed by atoms with E-state index in [2.05, 4.69) is 6.58 Å². The van der Waals surface area contributed by atoms with E-state index in [1.54, 1.807) is 5.57 Å². The largest absolute Gasteiger partial charge is 0.0996 e. The van der Waals surface area contributed by atoms with E-state index in [0.29, 0.717) is 0 Å². The van der Waals surface area contributed by atoms with Crippen molar-refractivity contribution < 1.29 is 0 Å². The van der Waals surface area contributed by atoms with Crippen LogP contribution < -0.4 is 0 Å². The minimum absolute atomic E-state index is 0.949. The summed E-state index contributed by atoms with van der Waals surface area (Å²) in [5, 5.41) is 0. The Morgan fingerprint density at radius 3 is 2.44 bits per heavy atom. The van der Waals surface area contributed by atoms with Crippen LogP contribution in [0.5, 0.6) is 0 Å². The molecule has 9 heavy (non-hydrogen) atoms. The first-order chi connectivity index (χ1) is 4.38. The molecule has 2 aliphatic carbocycles. The molecule has 0 N–H and O–H groups in total. The Morgan fingerprint density at radius 2 is 2.00 bits per heavy atom. The van der Waals surface area contributed by atoms with Gasteiger partial charge < -0.3 is 0 Å². The molecule has 0 spiro atoms. The summed E-state index contributed by atoms with van der Waals surface area (Å²) in [4.78, 5) is 0. The van der Waals surface area contributed by atoms with E-state index in [4.69, 9.17) is 0 Å². The zero-order valence-corrected chi connectivity index (χ0v) is 5.90. The molecule has 0 saturated heterocycles. The van der Waals surface area contributed by atoms with Gasteiger partial charge in [0.25, 0.3) is 0 Å². The Bertz CT molecular complexity index is 131. The van der Waals surface area contributed by atoms with Gasteiger partial charge in [-0.25, -0.2) is 0 Å². The summed E-state index contributed by atoms with van der Waals surface area (Å²) < 4.78 is 0. The van der Waals surface area contributed by atoms with Gasteiger partial charge in [0.2, 0.25) is 0 Å². The first-order valence-electron chi connectivity index (χ1n) is 4.05. The van der Waals surface area contributed by atoms with Crippen molar-refractivity contribution in [2.24, 2.45) is 11.8 Å². The fourth-order valence-electron chi connectivity index (χ4n) is 2.01. The molecule has 1 unspecified atom stereocenters. The van der Waals surface area contributed by atoms with Crippen LogP contribution in [-0.2, 0) is 0 Å². The van der Waals surface area contributed by atoms with E-state index in [9.17, 15) is 0 Å². The zero-order valence-electron chi connectivity index (χ0n) is 5.90. The van der Waals surface area contributed by atoms with E-state index in [1.807, 2.05) is 0 Å². The summed E-state index contributed by atoms with van der Waals surface area (Å²) in [6.45, 7) is 4.10. The summed E-state index contributed by atoms with van der Waals surface area (Å²) >= 11 is 0. The molecule has 2 rings (SSSR count). The standard InChI is InChI=1S/C9H14/c1-7-3-2-4-9(7)8-5-6-8/h8-9H,1-6H2. The van der Waals surface area contributed by atoms with Crippen molar-refractivity contribution in [3.63, 3.8) is 0 Å². The summed E-state index contributed by atoms with van der Waals surface area (Å²) in [6.07, 6.45) is 7.16. The summed E-state index contributed by atoms with van der Waals surface area (Å²) in [6, 6.07) is 0. The maximum absolute atomic E-state index is 4.10. The molecule has 0 bridgehead atoms. The average Bonchev–Trinajstić information content (AvgIpc) is 2.58. The number of rotatable bonds is 1. The highest BCUT2D eigenvalue weighted by Gasteiger charge is 2.34. The monoisotopic (exact) mass is 122 g/mol. The van der Waals surface area contributed by atoms with Gasteiger partial charge in [-0.05, 0) is 43.9 Å². The van der Waals surface area contributed by atoms with E-state index in [0.717, 1.165) is 11.8 Å². The van der Waals surface area contributed by atoms with Crippen LogP contribution in [0.15, 0.2) is 12.2 Å². The Balaban J connectivity index is 2.01. The van der Waals surface area contributed by atoms with E-state index in [-0.39, 0.29) is 0 Å². The molecule has 0 amide bonds. The molecule has 2 aliphatic rings. The van der Waals surface area contributed by atoms with Crippen LogP contribution in [0.1, 0.15) is 32.1 Å². The maximum atomic E-state index is 4.10. The van der Waals surface area contributed by atoms with Crippen LogP contribution >= 0.6 is 0 Å². The zero-order chi connectivity index (χ0) is 6.27. The SMILES string of the molecule is C=C1CCCC1C1CC1. The molecular formula is C9H14.